The number of aryl methyl sites for hydroxylation is 1. The summed E-state index contributed by atoms with van der Waals surface area (Å²) in [5, 5.41) is 7.95. The van der Waals surface area contributed by atoms with E-state index >= 15 is 0 Å². The summed E-state index contributed by atoms with van der Waals surface area (Å²) in [5.41, 5.74) is 2.25. The van der Waals surface area contributed by atoms with Crippen LogP contribution in [0.25, 0.3) is 11.4 Å². The van der Waals surface area contributed by atoms with Crippen molar-refractivity contribution in [2.45, 2.75) is 0 Å². The molecule has 0 saturated carbocycles. The molecule has 0 amide bonds. The fourth-order valence-electron chi connectivity index (χ4n) is 1.47. The number of hydrogen-bond donors (Lipinski definition) is 0. The summed E-state index contributed by atoms with van der Waals surface area (Å²) in [4.78, 5) is 2.07. The van der Waals surface area contributed by atoms with Gasteiger partial charge < -0.3 is 9.47 Å². The van der Waals surface area contributed by atoms with Gasteiger partial charge in [0.2, 0.25) is 0 Å². The molecule has 2 rings (SSSR count). The van der Waals surface area contributed by atoms with E-state index in [0.717, 1.165) is 17.1 Å². The zero-order chi connectivity index (χ0) is 10.8. The van der Waals surface area contributed by atoms with Crippen molar-refractivity contribution in [2.75, 3.05) is 19.0 Å². The standard InChI is InChI=1S/C11H14N4/c1-14(2)10-6-4-5-9(7-10)11-13-12-8-15(11)3/h4-8H,1-3H3. The molecule has 0 fully saturated rings. The predicted octanol–water partition coefficient (Wildman–Crippen LogP) is 1.55. The first-order chi connectivity index (χ1) is 7.18. The minimum absolute atomic E-state index is 0.888. The highest BCUT2D eigenvalue weighted by Gasteiger charge is 2.05. The summed E-state index contributed by atoms with van der Waals surface area (Å²) < 4.78 is 1.91. The Morgan fingerprint density at radius 3 is 2.67 bits per heavy atom. The molecule has 1 aromatic heterocycles. The third-order valence-corrected chi connectivity index (χ3v) is 2.33. The lowest BCUT2D eigenvalue weighted by Gasteiger charge is -2.13. The molecule has 4 nitrogen and oxygen atoms in total. The zero-order valence-electron chi connectivity index (χ0n) is 9.18. The minimum Gasteiger partial charge on any atom is -0.378 e. The highest BCUT2D eigenvalue weighted by Crippen LogP contribution is 2.21. The Labute approximate surface area is 89.2 Å². The number of anilines is 1. The molecule has 15 heavy (non-hydrogen) atoms. The third kappa shape index (κ3) is 1.83. The molecule has 0 spiro atoms. The number of benzene rings is 1. The Morgan fingerprint density at radius 1 is 1.27 bits per heavy atom. The van der Waals surface area contributed by atoms with Crippen molar-refractivity contribution in [3.63, 3.8) is 0 Å². The van der Waals surface area contributed by atoms with Crippen LogP contribution in [-0.2, 0) is 7.05 Å². The first-order valence-corrected chi connectivity index (χ1v) is 4.80. The molecule has 0 bridgehead atoms. The average Bonchev–Trinajstić information content (AvgIpc) is 2.64. The van der Waals surface area contributed by atoms with Gasteiger partial charge in [0.25, 0.3) is 0 Å². The van der Waals surface area contributed by atoms with Crippen LogP contribution in [0, 0.1) is 0 Å². The highest BCUT2D eigenvalue weighted by atomic mass is 15.2. The van der Waals surface area contributed by atoms with Gasteiger partial charge in [-0.2, -0.15) is 0 Å². The van der Waals surface area contributed by atoms with Crippen molar-refractivity contribution in [3.8, 4) is 11.4 Å². The second-order valence-corrected chi connectivity index (χ2v) is 3.71. The lowest BCUT2D eigenvalue weighted by atomic mass is 10.2. The summed E-state index contributed by atoms with van der Waals surface area (Å²) in [6.45, 7) is 0. The van der Waals surface area contributed by atoms with E-state index in [9.17, 15) is 0 Å². The molecular formula is C11H14N4. The number of hydrogen-bond acceptors (Lipinski definition) is 3. The van der Waals surface area contributed by atoms with Gasteiger partial charge in [-0.1, -0.05) is 12.1 Å². The maximum absolute atomic E-state index is 4.08. The Hall–Kier alpha value is -1.84. The normalized spacial score (nSPS) is 10.3. The Kier molecular flexibility index (Phi) is 2.41. The molecule has 0 N–H and O–H groups in total. The van der Waals surface area contributed by atoms with Gasteiger partial charge in [-0.3, -0.25) is 0 Å². The fourth-order valence-corrected chi connectivity index (χ4v) is 1.47. The van der Waals surface area contributed by atoms with Crippen LogP contribution in [0.2, 0.25) is 0 Å². The van der Waals surface area contributed by atoms with Gasteiger partial charge in [0, 0.05) is 32.4 Å². The lowest BCUT2D eigenvalue weighted by molar-refractivity contribution is 0.919. The minimum atomic E-state index is 0.888. The largest absolute Gasteiger partial charge is 0.378 e. The fraction of sp³-hybridized carbons (Fsp3) is 0.273. The van der Waals surface area contributed by atoms with Crippen molar-refractivity contribution in [1.29, 1.82) is 0 Å². The zero-order valence-corrected chi connectivity index (χ0v) is 9.18. The van der Waals surface area contributed by atoms with Gasteiger partial charge in [-0.15, -0.1) is 10.2 Å². The first kappa shape index (κ1) is 9.71. The Morgan fingerprint density at radius 2 is 2.07 bits per heavy atom. The molecule has 0 saturated heterocycles. The molecule has 0 atom stereocenters. The van der Waals surface area contributed by atoms with Gasteiger partial charge in [0.05, 0.1) is 0 Å². The van der Waals surface area contributed by atoms with Gasteiger partial charge in [-0.05, 0) is 12.1 Å². The quantitative estimate of drug-likeness (QED) is 0.741. The molecule has 1 aromatic carbocycles. The van der Waals surface area contributed by atoms with E-state index in [-0.39, 0.29) is 0 Å². The van der Waals surface area contributed by atoms with Crippen molar-refractivity contribution in [3.05, 3.63) is 30.6 Å². The van der Waals surface area contributed by atoms with Crippen LogP contribution in [0.1, 0.15) is 0 Å². The van der Waals surface area contributed by atoms with Crippen LogP contribution in [0.3, 0.4) is 0 Å². The topological polar surface area (TPSA) is 34.0 Å². The molecule has 0 radical (unpaired) electrons. The maximum atomic E-state index is 4.08. The molecule has 0 aliphatic heterocycles. The molecule has 0 aliphatic rings. The smallest absolute Gasteiger partial charge is 0.163 e. The van der Waals surface area contributed by atoms with Gasteiger partial charge in [0.15, 0.2) is 5.82 Å². The molecule has 78 valence electrons. The third-order valence-electron chi connectivity index (χ3n) is 2.33. The van der Waals surface area contributed by atoms with Gasteiger partial charge in [0.1, 0.15) is 6.33 Å². The predicted molar refractivity (Wildman–Crippen MR) is 60.8 cm³/mol. The van der Waals surface area contributed by atoms with Crippen LogP contribution in [0.5, 0.6) is 0 Å². The van der Waals surface area contributed by atoms with Crippen LogP contribution in [0.15, 0.2) is 30.6 Å². The van der Waals surface area contributed by atoms with Crippen molar-refractivity contribution < 1.29 is 0 Å². The summed E-state index contributed by atoms with van der Waals surface area (Å²) in [6.07, 6.45) is 1.71. The Balaban J connectivity index is 2.46. The highest BCUT2D eigenvalue weighted by molar-refractivity contribution is 5.62. The monoisotopic (exact) mass is 202 g/mol. The van der Waals surface area contributed by atoms with E-state index in [1.165, 1.54) is 0 Å². The van der Waals surface area contributed by atoms with Crippen molar-refractivity contribution >= 4 is 5.69 Å². The SMILES string of the molecule is CN(C)c1cccc(-c2nncn2C)c1. The van der Waals surface area contributed by atoms with Crippen LogP contribution < -0.4 is 4.90 Å². The number of aromatic nitrogens is 3. The van der Waals surface area contributed by atoms with E-state index < -0.39 is 0 Å². The summed E-state index contributed by atoms with van der Waals surface area (Å²) >= 11 is 0. The summed E-state index contributed by atoms with van der Waals surface area (Å²) in [6, 6.07) is 8.24. The second-order valence-electron chi connectivity index (χ2n) is 3.71. The van der Waals surface area contributed by atoms with E-state index in [4.69, 9.17) is 0 Å². The van der Waals surface area contributed by atoms with Crippen LogP contribution in [0.4, 0.5) is 5.69 Å². The van der Waals surface area contributed by atoms with E-state index in [0.29, 0.717) is 0 Å². The van der Waals surface area contributed by atoms with Gasteiger partial charge in [-0.25, -0.2) is 0 Å². The van der Waals surface area contributed by atoms with E-state index in [1.54, 1.807) is 6.33 Å². The molecule has 2 aromatic rings. The molecule has 0 unspecified atom stereocenters. The Bertz CT molecular complexity index is 459. The number of rotatable bonds is 2. The van der Waals surface area contributed by atoms with Crippen molar-refractivity contribution in [1.82, 2.24) is 14.8 Å². The van der Waals surface area contributed by atoms with Gasteiger partial charge >= 0.3 is 0 Å². The van der Waals surface area contributed by atoms with Crippen molar-refractivity contribution in [2.24, 2.45) is 7.05 Å². The molecule has 4 heteroatoms. The lowest BCUT2D eigenvalue weighted by Crippen LogP contribution is -2.08. The van der Waals surface area contributed by atoms with E-state index in [2.05, 4.69) is 27.2 Å². The number of nitrogens with zero attached hydrogens (tertiary/aromatic N) is 4. The first-order valence-electron chi connectivity index (χ1n) is 4.80. The molecule has 0 aliphatic carbocycles. The molecule has 1 heterocycles. The maximum Gasteiger partial charge on any atom is 0.163 e. The van der Waals surface area contributed by atoms with Crippen LogP contribution >= 0.6 is 0 Å². The van der Waals surface area contributed by atoms with Crippen LogP contribution in [-0.4, -0.2) is 28.9 Å². The van der Waals surface area contributed by atoms with E-state index in [1.807, 2.05) is 37.8 Å². The summed E-state index contributed by atoms with van der Waals surface area (Å²) in [7, 11) is 5.99. The average molecular weight is 202 g/mol. The molecular weight excluding hydrogens is 188 g/mol. The summed E-state index contributed by atoms with van der Waals surface area (Å²) in [5.74, 6) is 0.888. The second kappa shape index (κ2) is 3.73.